The molecule has 100 valence electrons. The van der Waals surface area contributed by atoms with E-state index in [9.17, 15) is 9.59 Å². The maximum atomic E-state index is 11.6. The van der Waals surface area contributed by atoms with Gasteiger partial charge in [-0.3, -0.25) is 4.79 Å². The van der Waals surface area contributed by atoms with E-state index in [1.807, 2.05) is 6.07 Å². The molecule has 0 fully saturated rings. The van der Waals surface area contributed by atoms with Gasteiger partial charge in [0, 0.05) is 13.0 Å². The molecule has 1 aromatic rings. The van der Waals surface area contributed by atoms with E-state index in [2.05, 4.69) is 16.6 Å². The van der Waals surface area contributed by atoms with Gasteiger partial charge in [-0.2, -0.15) is 0 Å². The lowest BCUT2D eigenvalue weighted by Crippen LogP contribution is -2.39. The monoisotopic (exact) mass is 260 g/mol. The third kappa shape index (κ3) is 5.59. The maximum Gasteiger partial charge on any atom is 0.315 e. The predicted octanol–water partition coefficient (Wildman–Crippen LogP) is 1.52. The number of nitrogens with one attached hydrogen (secondary N) is 2. The molecule has 0 radical (unpaired) electrons. The number of aliphatic carboxylic acids is 1. The van der Waals surface area contributed by atoms with Crippen molar-refractivity contribution in [3.63, 3.8) is 0 Å². The summed E-state index contributed by atoms with van der Waals surface area (Å²) >= 11 is 0. The zero-order valence-corrected chi connectivity index (χ0v) is 10.4. The minimum atomic E-state index is -0.974. The summed E-state index contributed by atoms with van der Waals surface area (Å²) in [6.07, 6.45) is 5.33. The summed E-state index contributed by atoms with van der Waals surface area (Å²) in [5, 5.41) is 14.1. The predicted molar refractivity (Wildman–Crippen MR) is 71.4 cm³/mol. The Morgan fingerprint density at radius 2 is 2.00 bits per heavy atom. The Morgan fingerprint density at radius 1 is 1.32 bits per heavy atom. The number of carboxylic acid groups (broad SMARTS) is 1. The first-order valence-corrected chi connectivity index (χ1v) is 5.88. The van der Waals surface area contributed by atoms with E-state index in [1.54, 1.807) is 24.3 Å². The quantitative estimate of drug-likeness (QED) is 0.536. The molecule has 0 aromatic heterocycles. The molecule has 0 aliphatic rings. The zero-order chi connectivity index (χ0) is 14.1. The van der Waals surface area contributed by atoms with E-state index in [0.29, 0.717) is 13.0 Å². The zero-order valence-electron chi connectivity index (χ0n) is 10.4. The molecule has 5 heteroatoms. The first-order valence-electron chi connectivity index (χ1n) is 5.88. The first-order chi connectivity index (χ1) is 9.13. The van der Waals surface area contributed by atoms with Crippen molar-refractivity contribution in [3.8, 4) is 12.3 Å². The van der Waals surface area contributed by atoms with Crippen LogP contribution >= 0.6 is 0 Å². The van der Waals surface area contributed by atoms with Crippen molar-refractivity contribution in [2.24, 2.45) is 0 Å². The molecule has 1 rings (SSSR count). The minimum absolute atomic E-state index is 0.174. The first kappa shape index (κ1) is 14.6. The number of carbonyl (C=O) groups is 2. The van der Waals surface area contributed by atoms with Gasteiger partial charge in [0.2, 0.25) is 0 Å². The van der Waals surface area contributed by atoms with Gasteiger partial charge in [-0.15, -0.1) is 12.3 Å². The molecule has 0 spiro atoms. The summed E-state index contributed by atoms with van der Waals surface area (Å²) in [6, 6.07) is 7.97. The average Bonchev–Trinajstić information content (AvgIpc) is 2.39. The van der Waals surface area contributed by atoms with E-state index < -0.39 is 18.0 Å². The smallest absolute Gasteiger partial charge is 0.315 e. The second-order valence-electron chi connectivity index (χ2n) is 3.92. The van der Waals surface area contributed by atoms with E-state index in [0.717, 1.165) is 5.56 Å². The van der Waals surface area contributed by atoms with Gasteiger partial charge in [-0.1, -0.05) is 30.3 Å². The largest absolute Gasteiger partial charge is 0.481 e. The summed E-state index contributed by atoms with van der Waals surface area (Å²) in [5.74, 6) is 1.43. The Morgan fingerprint density at radius 3 is 2.58 bits per heavy atom. The van der Waals surface area contributed by atoms with Crippen LogP contribution in [0, 0.1) is 12.3 Å². The molecular formula is C14H16N2O3. The van der Waals surface area contributed by atoms with E-state index in [4.69, 9.17) is 11.5 Å². The Hall–Kier alpha value is -2.48. The number of hydrogen-bond donors (Lipinski definition) is 3. The highest BCUT2D eigenvalue weighted by Gasteiger charge is 2.17. The van der Waals surface area contributed by atoms with Gasteiger partial charge in [0.15, 0.2) is 0 Å². The van der Waals surface area contributed by atoms with Crippen molar-refractivity contribution in [1.82, 2.24) is 10.6 Å². The topological polar surface area (TPSA) is 78.4 Å². The van der Waals surface area contributed by atoms with Crippen LogP contribution in [-0.4, -0.2) is 23.7 Å². The van der Waals surface area contributed by atoms with Gasteiger partial charge in [-0.05, 0) is 5.56 Å². The van der Waals surface area contributed by atoms with Crippen LogP contribution in [0.1, 0.15) is 24.4 Å². The molecule has 3 N–H and O–H groups in total. The summed E-state index contributed by atoms with van der Waals surface area (Å²) in [5.41, 5.74) is 0.747. The molecule has 0 aliphatic carbocycles. The molecule has 0 heterocycles. The van der Waals surface area contributed by atoms with Crippen LogP contribution < -0.4 is 10.6 Å². The molecule has 0 saturated carbocycles. The van der Waals surface area contributed by atoms with Gasteiger partial charge in [0.05, 0.1) is 12.5 Å². The lowest BCUT2D eigenvalue weighted by molar-refractivity contribution is -0.137. The molecule has 5 nitrogen and oxygen atoms in total. The number of urea groups is 1. The highest BCUT2D eigenvalue weighted by Crippen LogP contribution is 2.16. The third-order valence-corrected chi connectivity index (χ3v) is 2.44. The van der Waals surface area contributed by atoms with Crippen LogP contribution in [0.25, 0.3) is 0 Å². The number of carbonyl (C=O) groups excluding carboxylic acids is 1. The third-order valence-electron chi connectivity index (χ3n) is 2.44. The molecule has 0 saturated heterocycles. The Balaban J connectivity index is 2.63. The Labute approximate surface area is 112 Å². The molecule has 1 unspecified atom stereocenters. The maximum absolute atomic E-state index is 11.6. The van der Waals surface area contributed by atoms with Crippen LogP contribution in [-0.2, 0) is 4.79 Å². The Bertz CT molecular complexity index is 465. The van der Waals surface area contributed by atoms with Gasteiger partial charge in [0.25, 0.3) is 0 Å². The molecule has 19 heavy (non-hydrogen) atoms. The number of terminal acetylenes is 1. The summed E-state index contributed by atoms with van der Waals surface area (Å²) in [7, 11) is 0. The second kappa shape index (κ2) is 7.77. The highest BCUT2D eigenvalue weighted by atomic mass is 16.4. The molecule has 2 amide bonds. The van der Waals surface area contributed by atoms with Crippen molar-refractivity contribution in [2.75, 3.05) is 6.54 Å². The second-order valence-corrected chi connectivity index (χ2v) is 3.92. The summed E-state index contributed by atoms with van der Waals surface area (Å²) in [6.45, 7) is 0.358. The van der Waals surface area contributed by atoms with E-state index in [1.165, 1.54) is 0 Å². The number of rotatable bonds is 6. The van der Waals surface area contributed by atoms with Gasteiger partial charge in [-0.25, -0.2) is 4.79 Å². The fourth-order valence-corrected chi connectivity index (χ4v) is 1.57. The van der Waals surface area contributed by atoms with E-state index in [-0.39, 0.29) is 6.42 Å². The standard InChI is InChI=1S/C14H16N2O3/c1-2-3-9-15-14(19)16-12(10-13(17)18)11-7-5-4-6-8-11/h1,4-8,12H,3,9-10H2,(H,17,18)(H2,15,16,19). The van der Waals surface area contributed by atoms with Crippen molar-refractivity contribution >= 4 is 12.0 Å². The molecular weight excluding hydrogens is 244 g/mol. The highest BCUT2D eigenvalue weighted by molar-refractivity contribution is 5.76. The molecule has 0 bridgehead atoms. The number of hydrogen-bond acceptors (Lipinski definition) is 2. The number of benzene rings is 1. The van der Waals surface area contributed by atoms with Crippen molar-refractivity contribution in [3.05, 3.63) is 35.9 Å². The number of carboxylic acids is 1. The SMILES string of the molecule is C#CCCNC(=O)NC(CC(=O)O)c1ccccc1. The molecule has 1 atom stereocenters. The minimum Gasteiger partial charge on any atom is -0.481 e. The summed E-state index contributed by atoms with van der Waals surface area (Å²) in [4.78, 5) is 22.4. The van der Waals surface area contributed by atoms with E-state index >= 15 is 0 Å². The van der Waals surface area contributed by atoms with Crippen LogP contribution in [0.15, 0.2) is 30.3 Å². The molecule has 1 aromatic carbocycles. The van der Waals surface area contributed by atoms with Crippen LogP contribution in [0.3, 0.4) is 0 Å². The number of amides is 2. The fraction of sp³-hybridized carbons (Fsp3) is 0.286. The Kier molecular flexibility index (Phi) is 5.96. The van der Waals surface area contributed by atoms with Gasteiger partial charge >= 0.3 is 12.0 Å². The molecule has 0 aliphatic heterocycles. The van der Waals surface area contributed by atoms with Crippen molar-refractivity contribution in [1.29, 1.82) is 0 Å². The summed E-state index contributed by atoms with van der Waals surface area (Å²) < 4.78 is 0. The lowest BCUT2D eigenvalue weighted by Gasteiger charge is -2.17. The fourth-order valence-electron chi connectivity index (χ4n) is 1.57. The normalized spacial score (nSPS) is 11.1. The average molecular weight is 260 g/mol. The van der Waals surface area contributed by atoms with Crippen LogP contribution in [0.5, 0.6) is 0 Å². The van der Waals surface area contributed by atoms with Gasteiger partial charge < -0.3 is 15.7 Å². The van der Waals surface area contributed by atoms with Crippen molar-refractivity contribution < 1.29 is 14.7 Å². The van der Waals surface area contributed by atoms with Crippen LogP contribution in [0.4, 0.5) is 4.79 Å². The van der Waals surface area contributed by atoms with Crippen LogP contribution in [0.2, 0.25) is 0 Å². The lowest BCUT2D eigenvalue weighted by atomic mass is 10.0. The van der Waals surface area contributed by atoms with Gasteiger partial charge in [0.1, 0.15) is 0 Å². The van der Waals surface area contributed by atoms with Crippen molar-refractivity contribution in [2.45, 2.75) is 18.9 Å².